The summed E-state index contributed by atoms with van der Waals surface area (Å²) < 4.78 is 5.57. The molecular weight excluding hydrogens is 389 g/mol. The number of benzene rings is 1. The van der Waals surface area contributed by atoms with Crippen LogP contribution in [0.4, 0.5) is 0 Å². The topological polar surface area (TPSA) is 36.9 Å². The van der Waals surface area contributed by atoms with Crippen molar-refractivity contribution in [2.24, 2.45) is 10.4 Å². The molecule has 1 rings (SSSR count). The number of rotatable bonds is 5. The van der Waals surface area contributed by atoms with Crippen LogP contribution in [0.2, 0.25) is 0 Å². The van der Waals surface area contributed by atoms with Crippen molar-refractivity contribution in [3.8, 4) is 0 Å². The van der Waals surface area contributed by atoms with E-state index in [1.54, 1.807) is 7.11 Å². The molecule has 0 bridgehead atoms. The Morgan fingerprint density at radius 3 is 2.27 bits per heavy atom. The third-order valence-corrected chi connectivity index (χ3v) is 3.37. The van der Waals surface area contributed by atoms with E-state index in [4.69, 9.17) is 4.74 Å². The van der Waals surface area contributed by atoms with Gasteiger partial charge in [0, 0.05) is 27.7 Å². The quantitative estimate of drug-likeness (QED) is 0.452. The molecule has 1 atom stereocenters. The average Bonchev–Trinajstić information content (AvgIpc) is 2.42. The maximum absolute atomic E-state index is 5.57. The molecular formula is C17H30IN3O. The van der Waals surface area contributed by atoms with Crippen molar-refractivity contribution in [2.75, 3.05) is 27.7 Å². The highest BCUT2D eigenvalue weighted by molar-refractivity contribution is 14.0. The molecule has 22 heavy (non-hydrogen) atoms. The second-order valence-corrected chi connectivity index (χ2v) is 6.49. The zero-order valence-electron chi connectivity index (χ0n) is 14.6. The summed E-state index contributed by atoms with van der Waals surface area (Å²) in [5.74, 6) is 0.880. The van der Waals surface area contributed by atoms with Gasteiger partial charge in [-0.1, -0.05) is 51.1 Å². The minimum atomic E-state index is 0. The lowest BCUT2D eigenvalue weighted by molar-refractivity contribution is 0.0202. The van der Waals surface area contributed by atoms with Crippen LogP contribution in [-0.4, -0.2) is 44.7 Å². The van der Waals surface area contributed by atoms with Gasteiger partial charge in [0.2, 0.25) is 0 Å². The fourth-order valence-electron chi connectivity index (χ4n) is 2.03. The molecule has 0 spiro atoms. The van der Waals surface area contributed by atoms with Gasteiger partial charge in [-0.15, -0.1) is 24.0 Å². The number of nitrogens with one attached hydrogen (secondary N) is 1. The first-order valence-corrected chi connectivity index (χ1v) is 7.37. The van der Waals surface area contributed by atoms with E-state index < -0.39 is 0 Å². The summed E-state index contributed by atoms with van der Waals surface area (Å²) >= 11 is 0. The van der Waals surface area contributed by atoms with E-state index in [9.17, 15) is 0 Å². The van der Waals surface area contributed by atoms with Crippen molar-refractivity contribution in [1.82, 2.24) is 10.2 Å². The van der Waals surface area contributed by atoms with Gasteiger partial charge in [0.15, 0.2) is 5.96 Å². The predicted octanol–water partition coefficient (Wildman–Crippen LogP) is 3.37. The lowest BCUT2D eigenvalue weighted by Gasteiger charge is -2.30. The van der Waals surface area contributed by atoms with Gasteiger partial charge in [0.25, 0.3) is 0 Å². The molecule has 0 aliphatic carbocycles. The Kier molecular flexibility index (Phi) is 9.67. The lowest BCUT2D eigenvalue weighted by Crippen LogP contribution is -2.44. The summed E-state index contributed by atoms with van der Waals surface area (Å²) in [7, 11) is 5.75. The van der Waals surface area contributed by atoms with Crippen molar-refractivity contribution in [3.63, 3.8) is 0 Å². The first-order valence-electron chi connectivity index (χ1n) is 7.37. The van der Waals surface area contributed by atoms with E-state index in [0.29, 0.717) is 6.54 Å². The van der Waals surface area contributed by atoms with Crippen molar-refractivity contribution >= 4 is 29.9 Å². The molecule has 0 amide bonds. The standard InChI is InChI=1S/C17H29N3O.HI/c1-17(2,3)15(21-6)13-19-16(20(4)5)18-12-14-10-8-7-9-11-14;/h7-11,15H,12-13H2,1-6H3,(H,18,19);1H. The van der Waals surface area contributed by atoms with Crippen LogP contribution in [-0.2, 0) is 11.3 Å². The van der Waals surface area contributed by atoms with E-state index in [-0.39, 0.29) is 35.5 Å². The van der Waals surface area contributed by atoms with Crippen LogP contribution in [0.1, 0.15) is 26.3 Å². The van der Waals surface area contributed by atoms with E-state index in [2.05, 4.69) is 43.2 Å². The second kappa shape index (κ2) is 10.0. The summed E-state index contributed by atoms with van der Waals surface area (Å²) in [6.07, 6.45) is 0.138. The summed E-state index contributed by atoms with van der Waals surface area (Å²) in [6, 6.07) is 10.3. The smallest absolute Gasteiger partial charge is 0.193 e. The molecule has 4 nitrogen and oxygen atoms in total. The highest BCUT2D eigenvalue weighted by Crippen LogP contribution is 2.20. The van der Waals surface area contributed by atoms with Crippen molar-refractivity contribution < 1.29 is 4.74 Å². The average molecular weight is 419 g/mol. The highest BCUT2D eigenvalue weighted by atomic mass is 127. The Morgan fingerprint density at radius 1 is 1.23 bits per heavy atom. The molecule has 0 saturated heterocycles. The van der Waals surface area contributed by atoms with E-state index in [1.807, 2.05) is 37.2 Å². The number of hydrogen-bond donors (Lipinski definition) is 1. The third-order valence-electron chi connectivity index (χ3n) is 3.37. The Balaban J connectivity index is 0.00000441. The molecule has 1 N–H and O–H groups in total. The Labute approximate surface area is 152 Å². The molecule has 0 fully saturated rings. The maximum Gasteiger partial charge on any atom is 0.193 e. The highest BCUT2D eigenvalue weighted by Gasteiger charge is 2.24. The molecule has 5 heteroatoms. The van der Waals surface area contributed by atoms with Crippen LogP contribution in [0.5, 0.6) is 0 Å². The van der Waals surface area contributed by atoms with Crippen molar-refractivity contribution in [1.29, 1.82) is 0 Å². The van der Waals surface area contributed by atoms with Crippen LogP contribution >= 0.6 is 24.0 Å². The predicted molar refractivity (Wildman–Crippen MR) is 105 cm³/mol. The van der Waals surface area contributed by atoms with E-state index in [1.165, 1.54) is 5.56 Å². The van der Waals surface area contributed by atoms with Crippen LogP contribution in [0.15, 0.2) is 35.3 Å². The lowest BCUT2D eigenvalue weighted by atomic mass is 9.89. The summed E-state index contributed by atoms with van der Waals surface area (Å²) in [5, 5.41) is 3.40. The van der Waals surface area contributed by atoms with E-state index >= 15 is 0 Å². The Bertz CT molecular complexity index is 441. The number of nitrogens with zero attached hydrogens (tertiary/aromatic N) is 2. The minimum absolute atomic E-state index is 0. The fourth-order valence-corrected chi connectivity index (χ4v) is 2.03. The third kappa shape index (κ3) is 7.45. The Hall–Kier alpha value is -0.820. The molecule has 126 valence electrons. The van der Waals surface area contributed by atoms with Crippen LogP contribution in [0.3, 0.4) is 0 Å². The van der Waals surface area contributed by atoms with Crippen LogP contribution in [0.25, 0.3) is 0 Å². The summed E-state index contributed by atoms with van der Waals surface area (Å²) in [6.45, 7) is 7.96. The Morgan fingerprint density at radius 2 is 1.82 bits per heavy atom. The number of hydrogen-bond acceptors (Lipinski definition) is 2. The first-order chi connectivity index (χ1) is 9.84. The molecule has 0 aliphatic rings. The van der Waals surface area contributed by atoms with Crippen molar-refractivity contribution in [3.05, 3.63) is 35.9 Å². The summed E-state index contributed by atoms with van der Waals surface area (Å²) in [4.78, 5) is 6.66. The normalized spacial score (nSPS) is 13.3. The number of aliphatic imine (C=N–C) groups is 1. The zero-order valence-corrected chi connectivity index (χ0v) is 16.9. The van der Waals surface area contributed by atoms with Crippen molar-refractivity contribution in [2.45, 2.75) is 33.4 Å². The number of halogens is 1. The molecule has 0 aromatic heterocycles. The van der Waals surface area contributed by atoms with Gasteiger partial charge in [-0.25, -0.2) is 4.99 Å². The molecule has 0 heterocycles. The molecule has 1 aromatic rings. The molecule has 1 unspecified atom stereocenters. The first kappa shape index (κ1) is 21.2. The largest absolute Gasteiger partial charge is 0.379 e. The van der Waals surface area contributed by atoms with Gasteiger partial charge in [-0.3, -0.25) is 0 Å². The second-order valence-electron chi connectivity index (χ2n) is 6.49. The van der Waals surface area contributed by atoms with E-state index in [0.717, 1.165) is 12.5 Å². The summed E-state index contributed by atoms with van der Waals surface area (Å²) in [5.41, 5.74) is 1.30. The minimum Gasteiger partial charge on any atom is -0.379 e. The zero-order chi connectivity index (χ0) is 15.9. The van der Waals surface area contributed by atoms with Gasteiger partial charge >= 0.3 is 0 Å². The molecule has 1 aromatic carbocycles. The SMILES string of the molecule is COC(CNC(=NCc1ccccc1)N(C)C)C(C)(C)C.I. The molecule has 0 aliphatic heterocycles. The van der Waals surface area contributed by atoms with Gasteiger partial charge < -0.3 is 15.0 Å². The van der Waals surface area contributed by atoms with Gasteiger partial charge in [-0.05, 0) is 11.0 Å². The number of ether oxygens (including phenoxy) is 1. The van der Waals surface area contributed by atoms with Gasteiger partial charge in [0.05, 0.1) is 12.6 Å². The number of methoxy groups -OCH3 is 1. The molecule has 0 radical (unpaired) electrons. The van der Waals surface area contributed by atoms with Gasteiger partial charge in [-0.2, -0.15) is 0 Å². The van der Waals surface area contributed by atoms with Crippen LogP contribution < -0.4 is 5.32 Å². The molecule has 0 saturated carbocycles. The monoisotopic (exact) mass is 419 g/mol. The number of guanidine groups is 1. The van der Waals surface area contributed by atoms with Gasteiger partial charge in [0.1, 0.15) is 0 Å². The van der Waals surface area contributed by atoms with Crippen LogP contribution in [0, 0.1) is 5.41 Å². The fraction of sp³-hybridized carbons (Fsp3) is 0.588. The maximum atomic E-state index is 5.57.